The second-order valence-corrected chi connectivity index (χ2v) is 7.74. The zero-order chi connectivity index (χ0) is 18.6. The van der Waals surface area contributed by atoms with Crippen molar-refractivity contribution in [3.8, 4) is 0 Å². The first-order chi connectivity index (χ1) is 13.2. The van der Waals surface area contributed by atoms with Crippen LogP contribution in [0.5, 0.6) is 0 Å². The fourth-order valence-electron chi connectivity index (χ4n) is 2.80. The van der Waals surface area contributed by atoms with Crippen molar-refractivity contribution in [2.75, 3.05) is 6.61 Å². The predicted octanol–water partition coefficient (Wildman–Crippen LogP) is 3.74. The van der Waals surface area contributed by atoms with E-state index in [4.69, 9.17) is 4.74 Å². The van der Waals surface area contributed by atoms with E-state index < -0.39 is 5.97 Å². The standard InChI is InChI=1S/C19H15N3O3S2/c23-18(12-25-19(24)13-5-7-20-8-6-13)22-15(17-4-2-10-27-17)11-14(21-22)16-3-1-9-26-16/h1-10,15H,11-12H2/t15-/m1/s1. The Morgan fingerprint density at radius 2 is 1.89 bits per heavy atom. The topological polar surface area (TPSA) is 71.9 Å². The first-order valence-corrected chi connectivity index (χ1v) is 10.0. The van der Waals surface area contributed by atoms with Gasteiger partial charge in [-0.1, -0.05) is 12.1 Å². The van der Waals surface area contributed by atoms with Gasteiger partial charge in [0.25, 0.3) is 5.91 Å². The van der Waals surface area contributed by atoms with E-state index in [1.54, 1.807) is 34.8 Å². The maximum Gasteiger partial charge on any atom is 0.338 e. The Bertz CT molecular complexity index is 954. The first-order valence-electron chi connectivity index (χ1n) is 8.26. The number of pyridine rings is 1. The van der Waals surface area contributed by atoms with Crippen molar-refractivity contribution in [3.05, 3.63) is 74.9 Å². The molecule has 4 heterocycles. The maximum atomic E-state index is 12.7. The van der Waals surface area contributed by atoms with Crippen molar-refractivity contribution in [3.63, 3.8) is 0 Å². The molecule has 0 N–H and O–H groups in total. The Morgan fingerprint density at radius 3 is 2.59 bits per heavy atom. The molecule has 8 heteroatoms. The Labute approximate surface area is 163 Å². The van der Waals surface area contributed by atoms with Gasteiger partial charge >= 0.3 is 5.97 Å². The van der Waals surface area contributed by atoms with Crippen LogP contribution in [0.25, 0.3) is 0 Å². The summed E-state index contributed by atoms with van der Waals surface area (Å²) in [6.07, 6.45) is 3.65. The molecule has 0 saturated heterocycles. The molecule has 0 spiro atoms. The quantitative estimate of drug-likeness (QED) is 0.615. The number of amides is 1. The number of aromatic nitrogens is 1. The van der Waals surface area contributed by atoms with Crippen LogP contribution >= 0.6 is 22.7 Å². The van der Waals surface area contributed by atoms with Crippen molar-refractivity contribution in [2.24, 2.45) is 5.10 Å². The van der Waals surface area contributed by atoms with E-state index in [1.165, 1.54) is 17.4 Å². The fraction of sp³-hybridized carbons (Fsp3) is 0.158. The average Bonchev–Trinajstić information content (AvgIpc) is 3.46. The number of ether oxygens (including phenoxy) is 1. The summed E-state index contributed by atoms with van der Waals surface area (Å²) < 4.78 is 5.17. The molecule has 3 aromatic heterocycles. The summed E-state index contributed by atoms with van der Waals surface area (Å²) in [6.45, 7) is -0.357. The van der Waals surface area contributed by atoms with Gasteiger partial charge in [-0.05, 0) is 35.0 Å². The fourth-order valence-corrected chi connectivity index (χ4v) is 4.33. The molecule has 0 unspecified atom stereocenters. The minimum absolute atomic E-state index is 0.172. The Morgan fingerprint density at radius 1 is 1.11 bits per heavy atom. The normalized spacial score (nSPS) is 16.2. The molecule has 1 aliphatic heterocycles. The molecule has 1 aliphatic rings. The van der Waals surface area contributed by atoms with Crippen molar-refractivity contribution < 1.29 is 14.3 Å². The smallest absolute Gasteiger partial charge is 0.338 e. The van der Waals surface area contributed by atoms with Crippen molar-refractivity contribution in [1.82, 2.24) is 9.99 Å². The highest BCUT2D eigenvalue weighted by molar-refractivity contribution is 7.12. The van der Waals surface area contributed by atoms with Gasteiger partial charge in [0.1, 0.15) is 0 Å². The Balaban J connectivity index is 1.50. The predicted molar refractivity (Wildman–Crippen MR) is 104 cm³/mol. The van der Waals surface area contributed by atoms with E-state index in [0.29, 0.717) is 12.0 Å². The van der Waals surface area contributed by atoms with Gasteiger partial charge in [-0.2, -0.15) is 5.10 Å². The molecule has 6 nitrogen and oxygen atoms in total. The number of hydrogen-bond donors (Lipinski definition) is 0. The SMILES string of the molecule is O=C(OCC(=O)N1N=C(c2cccs2)C[C@@H]1c1cccs1)c1ccncc1. The first kappa shape index (κ1) is 17.6. The Hall–Kier alpha value is -2.84. The highest BCUT2D eigenvalue weighted by atomic mass is 32.1. The van der Waals surface area contributed by atoms with Crippen LogP contribution in [0.3, 0.4) is 0 Å². The number of thiophene rings is 2. The molecule has 4 rings (SSSR count). The highest BCUT2D eigenvalue weighted by Crippen LogP contribution is 2.35. The zero-order valence-electron chi connectivity index (χ0n) is 14.1. The molecule has 3 aromatic rings. The maximum absolute atomic E-state index is 12.7. The molecule has 0 saturated carbocycles. The third kappa shape index (κ3) is 3.81. The van der Waals surface area contributed by atoms with Crippen molar-refractivity contribution in [1.29, 1.82) is 0 Å². The van der Waals surface area contributed by atoms with Crippen LogP contribution in [-0.2, 0) is 9.53 Å². The van der Waals surface area contributed by atoms with Gasteiger partial charge in [-0.3, -0.25) is 9.78 Å². The second kappa shape index (κ2) is 7.81. The Kier molecular flexibility index (Phi) is 5.08. The largest absolute Gasteiger partial charge is 0.452 e. The van der Waals surface area contributed by atoms with E-state index in [1.807, 2.05) is 35.0 Å². The number of hydrazone groups is 1. The monoisotopic (exact) mass is 397 g/mol. The lowest BCUT2D eigenvalue weighted by Gasteiger charge is -2.20. The average molecular weight is 397 g/mol. The molecule has 0 fully saturated rings. The van der Waals surface area contributed by atoms with Gasteiger partial charge in [0.15, 0.2) is 6.61 Å². The molecule has 27 heavy (non-hydrogen) atoms. The molecule has 0 radical (unpaired) electrons. The zero-order valence-corrected chi connectivity index (χ0v) is 15.8. The van der Waals surface area contributed by atoms with Crippen LogP contribution in [0, 0.1) is 0 Å². The van der Waals surface area contributed by atoms with E-state index in [2.05, 4.69) is 10.1 Å². The van der Waals surface area contributed by atoms with E-state index >= 15 is 0 Å². The number of carbonyl (C=O) groups is 2. The molecule has 0 aliphatic carbocycles. The lowest BCUT2D eigenvalue weighted by atomic mass is 10.1. The summed E-state index contributed by atoms with van der Waals surface area (Å²) in [4.78, 5) is 30.8. The second-order valence-electron chi connectivity index (χ2n) is 5.81. The van der Waals surface area contributed by atoms with Gasteiger partial charge in [0.2, 0.25) is 0 Å². The van der Waals surface area contributed by atoms with Crippen LogP contribution < -0.4 is 0 Å². The molecule has 1 amide bonds. The summed E-state index contributed by atoms with van der Waals surface area (Å²) >= 11 is 3.18. The van der Waals surface area contributed by atoms with Gasteiger partial charge in [-0.25, -0.2) is 9.80 Å². The number of carbonyl (C=O) groups excluding carboxylic acids is 2. The van der Waals surface area contributed by atoms with Gasteiger partial charge < -0.3 is 4.74 Å². The number of hydrogen-bond acceptors (Lipinski definition) is 7. The van der Waals surface area contributed by atoms with Crippen LogP contribution in [0.1, 0.15) is 32.6 Å². The van der Waals surface area contributed by atoms with Crippen LogP contribution in [0.2, 0.25) is 0 Å². The minimum atomic E-state index is -0.555. The lowest BCUT2D eigenvalue weighted by Crippen LogP contribution is -2.31. The lowest BCUT2D eigenvalue weighted by molar-refractivity contribution is -0.136. The number of rotatable bonds is 5. The van der Waals surface area contributed by atoms with Gasteiger partial charge in [-0.15, -0.1) is 22.7 Å². The summed E-state index contributed by atoms with van der Waals surface area (Å²) in [7, 11) is 0. The summed E-state index contributed by atoms with van der Waals surface area (Å²) in [5.74, 6) is -0.901. The molecular weight excluding hydrogens is 382 g/mol. The van der Waals surface area contributed by atoms with Gasteiger partial charge in [0.05, 0.1) is 22.2 Å². The van der Waals surface area contributed by atoms with E-state index in [-0.39, 0.29) is 18.6 Å². The third-order valence-corrected chi connectivity index (χ3v) is 5.98. The summed E-state index contributed by atoms with van der Waals surface area (Å²) in [5.41, 5.74) is 1.23. The molecule has 0 aromatic carbocycles. The minimum Gasteiger partial charge on any atom is -0.452 e. The van der Waals surface area contributed by atoms with E-state index in [9.17, 15) is 9.59 Å². The van der Waals surface area contributed by atoms with Gasteiger partial charge in [0, 0.05) is 23.7 Å². The highest BCUT2D eigenvalue weighted by Gasteiger charge is 2.34. The van der Waals surface area contributed by atoms with Crippen molar-refractivity contribution in [2.45, 2.75) is 12.5 Å². The molecule has 136 valence electrons. The molecule has 1 atom stereocenters. The van der Waals surface area contributed by atoms with Crippen LogP contribution in [0.15, 0.2) is 64.7 Å². The van der Waals surface area contributed by atoms with E-state index in [0.717, 1.165) is 15.5 Å². The van der Waals surface area contributed by atoms with Crippen molar-refractivity contribution >= 4 is 40.3 Å². The third-order valence-electron chi connectivity index (χ3n) is 4.09. The van der Waals surface area contributed by atoms with Crippen LogP contribution in [-0.4, -0.2) is 34.2 Å². The molecular formula is C19H15N3O3S2. The number of esters is 1. The molecule has 0 bridgehead atoms. The number of nitrogens with zero attached hydrogens (tertiary/aromatic N) is 3. The summed E-state index contributed by atoms with van der Waals surface area (Å²) in [6, 6.07) is 10.8. The summed E-state index contributed by atoms with van der Waals surface area (Å²) in [5, 5.41) is 9.94. The van der Waals surface area contributed by atoms with Crippen LogP contribution in [0.4, 0.5) is 0 Å².